The summed E-state index contributed by atoms with van der Waals surface area (Å²) >= 11 is 0. The van der Waals surface area contributed by atoms with Crippen molar-refractivity contribution in [1.82, 2.24) is 9.88 Å². The van der Waals surface area contributed by atoms with E-state index < -0.39 is 5.95 Å². The molecule has 1 aromatic heterocycles. The third kappa shape index (κ3) is 3.19. The van der Waals surface area contributed by atoms with Crippen LogP contribution in [-0.4, -0.2) is 35.9 Å². The molecule has 0 aliphatic rings. The molecular formula is C10H14FN3O. The van der Waals surface area contributed by atoms with Crippen LogP contribution in [0.15, 0.2) is 18.3 Å². The summed E-state index contributed by atoms with van der Waals surface area (Å²) in [7, 11) is 3.35. The maximum atomic E-state index is 12.7. The summed E-state index contributed by atoms with van der Waals surface area (Å²) in [5, 5.41) is 2.89. The quantitative estimate of drug-likeness (QED) is 0.762. The van der Waals surface area contributed by atoms with Crippen molar-refractivity contribution in [2.24, 2.45) is 0 Å². The predicted octanol–water partition coefficient (Wildman–Crippen LogP) is 1.11. The first-order valence-corrected chi connectivity index (χ1v) is 4.60. The second-order valence-electron chi connectivity index (χ2n) is 3.47. The van der Waals surface area contributed by atoms with Crippen LogP contribution in [0.1, 0.15) is 6.92 Å². The van der Waals surface area contributed by atoms with Gasteiger partial charge in [-0.2, -0.15) is 4.39 Å². The van der Waals surface area contributed by atoms with E-state index in [0.29, 0.717) is 5.69 Å². The van der Waals surface area contributed by atoms with E-state index in [1.165, 1.54) is 17.2 Å². The maximum absolute atomic E-state index is 12.7. The fourth-order valence-corrected chi connectivity index (χ4v) is 1.19. The minimum Gasteiger partial charge on any atom is -0.374 e. The van der Waals surface area contributed by atoms with E-state index in [1.807, 2.05) is 0 Å². The third-order valence-corrected chi connectivity index (χ3v) is 1.92. The zero-order chi connectivity index (χ0) is 11.4. The molecule has 0 fully saturated rings. The van der Waals surface area contributed by atoms with E-state index in [2.05, 4.69) is 10.3 Å². The van der Waals surface area contributed by atoms with E-state index in [9.17, 15) is 9.18 Å². The Morgan fingerprint density at radius 3 is 2.80 bits per heavy atom. The predicted molar refractivity (Wildman–Crippen MR) is 56.0 cm³/mol. The van der Waals surface area contributed by atoms with E-state index in [4.69, 9.17) is 0 Å². The first kappa shape index (κ1) is 11.4. The first-order chi connectivity index (χ1) is 7.00. The number of carbonyl (C=O) groups is 1. The number of carbonyl (C=O) groups excluding carboxylic acids is 1. The summed E-state index contributed by atoms with van der Waals surface area (Å²) < 4.78 is 12.7. The van der Waals surface area contributed by atoms with Gasteiger partial charge in [-0.05, 0) is 13.0 Å². The lowest BCUT2D eigenvalue weighted by atomic mass is 10.2. The number of amides is 1. The number of hydrogen-bond donors (Lipinski definition) is 1. The van der Waals surface area contributed by atoms with E-state index in [1.54, 1.807) is 27.1 Å². The maximum Gasteiger partial charge on any atom is 0.244 e. The summed E-state index contributed by atoms with van der Waals surface area (Å²) in [5.41, 5.74) is 0.546. The number of nitrogens with one attached hydrogen (secondary N) is 1. The van der Waals surface area contributed by atoms with Crippen molar-refractivity contribution in [1.29, 1.82) is 0 Å². The molecule has 0 bridgehead atoms. The van der Waals surface area contributed by atoms with Gasteiger partial charge in [0.05, 0.1) is 0 Å². The number of anilines is 1. The summed E-state index contributed by atoms with van der Waals surface area (Å²) in [6.07, 6.45) is 1.35. The molecule has 0 radical (unpaired) electrons. The standard InChI is InChI=1S/C10H14FN3O/c1-7(10(15)14(2)3)13-8-4-5-12-9(11)6-8/h4-7H,1-3H3,(H,12,13). The Labute approximate surface area is 88.1 Å². The number of hydrogen-bond acceptors (Lipinski definition) is 3. The fourth-order valence-electron chi connectivity index (χ4n) is 1.19. The molecule has 0 spiro atoms. The Hall–Kier alpha value is -1.65. The highest BCUT2D eigenvalue weighted by Crippen LogP contribution is 2.08. The van der Waals surface area contributed by atoms with Gasteiger partial charge >= 0.3 is 0 Å². The van der Waals surface area contributed by atoms with Crippen LogP contribution in [0.25, 0.3) is 0 Å². The summed E-state index contributed by atoms with van der Waals surface area (Å²) in [6, 6.07) is 2.48. The lowest BCUT2D eigenvalue weighted by Crippen LogP contribution is -2.36. The average molecular weight is 211 g/mol. The fraction of sp³-hybridized carbons (Fsp3) is 0.400. The van der Waals surface area contributed by atoms with Gasteiger partial charge in [0.15, 0.2) is 0 Å². The van der Waals surface area contributed by atoms with Crippen molar-refractivity contribution >= 4 is 11.6 Å². The zero-order valence-corrected chi connectivity index (χ0v) is 8.99. The summed E-state index contributed by atoms with van der Waals surface area (Å²) in [6.45, 7) is 1.72. The molecule has 1 N–H and O–H groups in total. The molecular weight excluding hydrogens is 197 g/mol. The molecule has 1 amide bonds. The molecule has 5 heteroatoms. The van der Waals surface area contributed by atoms with Crippen LogP contribution in [0.2, 0.25) is 0 Å². The molecule has 1 rings (SSSR count). The van der Waals surface area contributed by atoms with Crippen LogP contribution >= 0.6 is 0 Å². The number of rotatable bonds is 3. The van der Waals surface area contributed by atoms with E-state index in [0.717, 1.165) is 0 Å². The Kier molecular flexibility index (Phi) is 3.60. The molecule has 1 unspecified atom stereocenters. The molecule has 15 heavy (non-hydrogen) atoms. The van der Waals surface area contributed by atoms with Crippen LogP contribution < -0.4 is 5.32 Å². The highest BCUT2D eigenvalue weighted by atomic mass is 19.1. The van der Waals surface area contributed by atoms with Crippen LogP contribution in [0.4, 0.5) is 10.1 Å². The normalized spacial score (nSPS) is 12.0. The lowest BCUT2D eigenvalue weighted by molar-refractivity contribution is -0.129. The largest absolute Gasteiger partial charge is 0.374 e. The van der Waals surface area contributed by atoms with Gasteiger partial charge in [0.25, 0.3) is 0 Å². The minimum absolute atomic E-state index is 0.0628. The molecule has 1 aromatic rings. The Bertz CT molecular complexity index is 354. The van der Waals surface area contributed by atoms with E-state index in [-0.39, 0.29) is 11.9 Å². The first-order valence-electron chi connectivity index (χ1n) is 4.60. The van der Waals surface area contributed by atoms with Crippen molar-refractivity contribution in [3.8, 4) is 0 Å². The monoisotopic (exact) mass is 211 g/mol. The zero-order valence-electron chi connectivity index (χ0n) is 8.99. The molecule has 1 atom stereocenters. The van der Waals surface area contributed by atoms with Gasteiger partial charge in [0.2, 0.25) is 11.9 Å². The van der Waals surface area contributed by atoms with Gasteiger partial charge in [0.1, 0.15) is 6.04 Å². The van der Waals surface area contributed by atoms with Crippen LogP contribution in [0.3, 0.4) is 0 Å². The molecule has 1 heterocycles. The summed E-state index contributed by atoms with van der Waals surface area (Å²) in [5.74, 6) is -0.628. The number of pyridine rings is 1. The molecule has 0 aliphatic heterocycles. The van der Waals surface area contributed by atoms with Gasteiger partial charge in [-0.3, -0.25) is 4.79 Å². The Morgan fingerprint density at radius 1 is 1.60 bits per heavy atom. The Morgan fingerprint density at radius 2 is 2.27 bits per heavy atom. The average Bonchev–Trinajstić information content (AvgIpc) is 2.16. The molecule has 82 valence electrons. The second kappa shape index (κ2) is 4.72. The molecule has 0 aliphatic carbocycles. The second-order valence-corrected chi connectivity index (χ2v) is 3.47. The number of aromatic nitrogens is 1. The van der Waals surface area contributed by atoms with Crippen LogP contribution in [0.5, 0.6) is 0 Å². The topological polar surface area (TPSA) is 45.2 Å². The van der Waals surface area contributed by atoms with E-state index >= 15 is 0 Å². The Balaban J connectivity index is 2.66. The lowest BCUT2D eigenvalue weighted by Gasteiger charge is -2.18. The smallest absolute Gasteiger partial charge is 0.244 e. The number of halogens is 1. The van der Waals surface area contributed by atoms with Gasteiger partial charge in [-0.1, -0.05) is 0 Å². The minimum atomic E-state index is -0.565. The summed E-state index contributed by atoms with van der Waals surface area (Å²) in [4.78, 5) is 16.4. The van der Waals surface area contributed by atoms with Gasteiger partial charge in [-0.15, -0.1) is 0 Å². The van der Waals surface area contributed by atoms with Crippen molar-refractivity contribution < 1.29 is 9.18 Å². The van der Waals surface area contributed by atoms with Crippen LogP contribution in [0, 0.1) is 5.95 Å². The molecule has 4 nitrogen and oxygen atoms in total. The van der Waals surface area contributed by atoms with Crippen molar-refractivity contribution in [2.45, 2.75) is 13.0 Å². The SMILES string of the molecule is CC(Nc1ccnc(F)c1)C(=O)N(C)C. The molecule has 0 saturated heterocycles. The van der Waals surface area contributed by atoms with Gasteiger partial charge in [0, 0.05) is 32.0 Å². The highest BCUT2D eigenvalue weighted by molar-refractivity contribution is 5.83. The third-order valence-electron chi connectivity index (χ3n) is 1.92. The van der Waals surface area contributed by atoms with Crippen molar-refractivity contribution in [3.63, 3.8) is 0 Å². The van der Waals surface area contributed by atoms with Gasteiger partial charge in [-0.25, -0.2) is 4.98 Å². The van der Waals surface area contributed by atoms with Crippen molar-refractivity contribution in [2.75, 3.05) is 19.4 Å². The number of likely N-dealkylation sites (N-methyl/N-ethyl adjacent to an activating group) is 1. The van der Waals surface area contributed by atoms with Gasteiger partial charge < -0.3 is 10.2 Å². The molecule has 0 saturated carbocycles. The molecule has 0 aromatic carbocycles. The van der Waals surface area contributed by atoms with Crippen LogP contribution in [-0.2, 0) is 4.79 Å². The van der Waals surface area contributed by atoms with Crippen molar-refractivity contribution in [3.05, 3.63) is 24.3 Å². The number of nitrogens with zero attached hydrogens (tertiary/aromatic N) is 2. The highest BCUT2D eigenvalue weighted by Gasteiger charge is 2.14.